The molecule has 5 nitrogen and oxygen atoms in total. The van der Waals surface area contributed by atoms with Gasteiger partial charge in [0.15, 0.2) is 0 Å². The maximum absolute atomic E-state index is 11.1. The molecule has 0 heterocycles. The van der Waals surface area contributed by atoms with E-state index in [0.717, 1.165) is 5.56 Å². The first kappa shape index (κ1) is 12.2. The molecule has 0 bridgehead atoms. The minimum absolute atomic E-state index is 0.0681. The van der Waals surface area contributed by atoms with Crippen LogP contribution in [-0.2, 0) is 11.3 Å². The highest BCUT2D eigenvalue weighted by molar-refractivity contribution is 5.92. The topological polar surface area (TPSA) is 84.2 Å². The summed E-state index contributed by atoms with van der Waals surface area (Å²) in [6, 6.07) is 6.81. The zero-order valence-electron chi connectivity index (χ0n) is 9.12. The van der Waals surface area contributed by atoms with E-state index in [1.807, 2.05) is 0 Å². The van der Waals surface area contributed by atoms with Crippen molar-refractivity contribution in [2.75, 3.05) is 13.6 Å². The summed E-state index contributed by atoms with van der Waals surface area (Å²) in [6.45, 7) is 0.735. The lowest BCUT2D eigenvalue weighted by Crippen LogP contribution is -2.31. The van der Waals surface area contributed by atoms with Crippen LogP contribution in [0.2, 0.25) is 0 Å². The van der Waals surface area contributed by atoms with Crippen molar-refractivity contribution in [3.63, 3.8) is 0 Å². The molecule has 0 aliphatic carbocycles. The average Bonchev–Trinajstić information content (AvgIpc) is 2.27. The van der Waals surface area contributed by atoms with Gasteiger partial charge in [-0.2, -0.15) is 0 Å². The second-order valence-electron chi connectivity index (χ2n) is 3.37. The van der Waals surface area contributed by atoms with Crippen LogP contribution in [-0.4, -0.2) is 25.4 Å². The van der Waals surface area contributed by atoms with Gasteiger partial charge in [0, 0.05) is 12.1 Å². The molecule has 0 unspecified atom stereocenters. The van der Waals surface area contributed by atoms with Crippen molar-refractivity contribution >= 4 is 11.8 Å². The van der Waals surface area contributed by atoms with Crippen molar-refractivity contribution < 1.29 is 9.59 Å². The molecule has 0 aliphatic rings. The Morgan fingerprint density at radius 3 is 2.38 bits per heavy atom. The fraction of sp³-hybridized carbons (Fsp3) is 0.273. The van der Waals surface area contributed by atoms with E-state index in [9.17, 15) is 9.59 Å². The van der Waals surface area contributed by atoms with Gasteiger partial charge in [-0.3, -0.25) is 9.59 Å². The monoisotopic (exact) mass is 221 g/mol. The van der Waals surface area contributed by atoms with Gasteiger partial charge in [-0.1, -0.05) is 12.1 Å². The van der Waals surface area contributed by atoms with Gasteiger partial charge < -0.3 is 16.4 Å². The van der Waals surface area contributed by atoms with Crippen molar-refractivity contribution in [2.24, 2.45) is 5.73 Å². The molecule has 0 atom stereocenters. The van der Waals surface area contributed by atoms with E-state index in [-0.39, 0.29) is 5.91 Å². The number of nitrogens with one attached hydrogen (secondary N) is 2. The van der Waals surface area contributed by atoms with Gasteiger partial charge in [0.25, 0.3) is 0 Å². The number of nitrogens with two attached hydrogens (primary N) is 1. The summed E-state index contributed by atoms with van der Waals surface area (Å²) in [6.07, 6.45) is 0. The predicted octanol–water partition coefficient (Wildman–Crippen LogP) is -0.379. The minimum atomic E-state index is -0.453. The van der Waals surface area contributed by atoms with Crippen LogP contribution in [0.1, 0.15) is 15.9 Å². The first-order chi connectivity index (χ1) is 7.63. The number of likely N-dealkylation sites (N-methyl/N-ethyl adjacent to an activating group) is 1. The SMILES string of the molecule is CNCC(=O)NCc1ccc(C(N)=O)cc1. The number of primary amides is 1. The number of rotatable bonds is 5. The van der Waals surface area contributed by atoms with E-state index < -0.39 is 5.91 Å². The maximum atomic E-state index is 11.1. The summed E-state index contributed by atoms with van der Waals surface area (Å²) in [5.74, 6) is -0.521. The molecule has 4 N–H and O–H groups in total. The molecular weight excluding hydrogens is 206 g/mol. The molecule has 86 valence electrons. The number of hydrogen-bond acceptors (Lipinski definition) is 3. The van der Waals surface area contributed by atoms with Crippen molar-refractivity contribution in [1.29, 1.82) is 0 Å². The van der Waals surface area contributed by atoms with Crippen LogP contribution in [0.4, 0.5) is 0 Å². The number of benzene rings is 1. The maximum Gasteiger partial charge on any atom is 0.248 e. The van der Waals surface area contributed by atoms with Gasteiger partial charge in [0.05, 0.1) is 6.54 Å². The van der Waals surface area contributed by atoms with Crippen LogP contribution in [0.15, 0.2) is 24.3 Å². The van der Waals surface area contributed by atoms with Crippen LogP contribution in [0, 0.1) is 0 Å². The van der Waals surface area contributed by atoms with Gasteiger partial charge >= 0.3 is 0 Å². The van der Waals surface area contributed by atoms with E-state index in [1.165, 1.54) is 0 Å². The lowest BCUT2D eigenvalue weighted by molar-refractivity contribution is -0.120. The summed E-state index contributed by atoms with van der Waals surface area (Å²) in [5.41, 5.74) is 6.50. The summed E-state index contributed by atoms with van der Waals surface area (Å²) < 4.78 is 0. The molecule has 5 heteroatoms. The van der Waals surface area contributed by atoms with Crippen molar-refractivity contribution in [3.8, 4) is 0 Å². The first-order valence-electron chi connectivity index (χ1n) is 4.93. The molecule has 0 aliphatic heterocycles. The fourth-order valence-electron chi connectivity index (χ4n) is 1.21. The van der Waals surface area contributed by atoms with E-state index in [1.54, 1.807) is 31.3 Å². The Morgan fingerprint density at radius 2 is 1.88 bits per heavy atom. The predicted molar refractivity (Wildman–Crippen MR) is 60.7 cm³/mol. The second kappa shape index (κ2) is 5.87. The Kier molecular flexibility index (Phi) is 4.47. The highest BCUT2D eigenvalue weighted by Crippen LogP contribution is 2.03. The van der Waals surface area contributed by atoms with Crippen molar-refractivity contribution in [1.82, 2.24) is 10.6 Å². The fourth-order valence-corrected chi connectivity index (χ4v) is 1.21. The summed E-state index contributed by atoms with van der Waals surface area (Å²) in [7, 11) is 1.71. The first-order valence-corrected chi connectivity index (χ1v) is 4.93. The molecule has 1 aromatic rings. The van der Waals surface area contributed by atoms with Crippen molar-refractivity contribution in [2.45, 2.75) is 6.54 Å². The Bertz CT molecular complexity index is 373. The molecule has 1 aromatic carbocycles. The Balaban J connectivity index is 2.49. The number of amides is 2. The summed E-state index contributed by atoms with van der Waals surface area (Å²) in [4.78, 5) is 22.0. The summed E-state index contributed by atoms with van der Waals surface area (Å²) >= 11 is 0. The Morgan fingerprint density at radius 1 is 1.25 bits per heavy atom. The molecule has 2 amide bonds. The van der Waals surface area contributed by atoms with Gasteiger partial charge in [0.1, 0.15) is 0 Å². The van der Waals surface area contributed by atoms with E-state index in [4.69, 9.17) is 5.73 Å². The van der Waals surface area contributed by atoms with Crippen LogP contribution >= 0.6 is 0 Å². The number of carbonyl (C=O) groups excluding carboxylic acids is 2. The van der Waals surface area contributed by atoms with Crippen LogP contribution in [0.3, 0.4) is 0 Å². The van der Waals surface area contributed by atoms with E-state index in [2.05, 4.69) is 10.6 Å². The standard InChI is InChI=1S/C11H15N3O2/c1-13-7-10(15)14-6-8-2-4-9(5-3-8)11(12)16/h2-5,13H,6-7H2,1H3,(H2,12,16)(H,14,15). The van der Waals surface area contributed by atoms with Gasteiger partial charge in [0.2, 0.25) is 11.8 Å². The number of carbonyl (C=O) groups is 2. The molecule has 1 rings (SSSR count). The highest BCUT2D eigenvalue weighted by atomic mass is 16.2. The minimum Gasteiger partial charge on any atom is -0.366 e. The zero-order valence-corrected chi connectivity index (χ0v) is 9.12. The molecule has 0 aromatic heterocycles. The molecule has 0 saturated heterocycles. The van der Waals surface area contributed by atoms with Crippen LogP contribution in [0.5, 0.6) is 0 Å². The molecule has 0 radical (unpaired) electrons. The normalized spacial score (nSPS) is 9.81. The van der Waals surface area contributed by atoms with E-state index >= 15 is 0 Å². The lowest BCUT2D eigenvalue weighted by Gasteiger charge is -2.05. The Hall–Kier alpha value is -1.88. The van der Waals surface area contributed by atoms with Gasteiger partial charge in [-0.15, -0.1) is 0 Å². The quantitative estimate of drug-likeness (QED) is 0.633. The van der Waals surface area contributed by atoms with Gasteiger partial charge in [-0.25, -0.2) is 0 Å². The summed E-state index contributed by atoms with van der Waals surface area (Å²) in [5, 5.41) is 5.49. The third-order valence-electron chi connectivity index (χ3n) is 2.07. The molecule has 0 spiro atoms. The molecule has 16 heavy (non-hydrogen) atoms. The third-order valence-corrected chi connectivity index (χ3v) is 2.07. The molecule has 0 saturated carbocycles. The zero-order chi connectivity index (χ0) is 12.0. The lowest BCUT2D eigenvalue weighted by atomic mass is 10.1. The third kappa shape index (κ3) is 3.70. The number of hydrogen-bond donors (Lipinski definition) is 3. The second-order valence-corrected chi connectivity index (χ2v) is 3.37. The van der Waals surface area contributed by atoms with Gasteiger partial charge in [-0.05, 0) is 24.7 Å². The van der Waals surface area contributed by atoms with Crippen LogP contribution < -0.4 is 16.4 Å². The molecule has 0 fully saturated rings. The smallest absolute Gasteiger partial charge is 0.248 e. The average molecular weight is 221 g/mol. The largest absolute Gasteiger partial charge is 0.366 e. The Labute approximate surface area is 94.0 Å². The van der Waals surface area contributed by atoms with Crippen LogP contribution in [0.25, 0.3) is 0 Å². The van der Waals surface area contributed by atoms with E-state index in [0.29, 0.717) is 18.7 Å². The highest BCUT2D eigenvalue weighted by Gasteiger charge is 2.01. The molecular formula is C11H15N3O2. The van der Waals surface area contributed by atoms with Crippen molar-refractivity contribution in [3.05, 3.63) is 35.4 Å².